The lowest BCUT2D eigenvalue weighted by molar-refractivity contribution is 0.630. The highest BCUT2D eigenvalue weighted by atomic mass is 79.9. The van der Waals surface area contributed by atoms with Crippen molar-refractivity contribution in [3.63, 3.8) is 0 Å². The van der Waals surface area contributed by atoms with Gasteiger partial charge in [0, 0.05) is 24.3 Å². The lowest BCUT2D eigenvalue weighted by Gasteiger charge is -2.06. The molecule has 0 bridgehead atoms. The van der Waals surface area contributed by atoms with Crippen LogP contribution in [0, 0.1) is 17.1 Å². The molecule has 1 heterocycles. The summed E-state index contributed by atoms with van der Waals surface area (Å²) in [6.07, 6.45) is 1.85. The number of benzene rings is 1. The van der Waals surface area contributed by atoms with Gasteiger partial charge in [-0.05, 0) is 29.8 Å². The maximum atomic E-state index is 13.5. The normalized spacial score (nSPS) is 10.1. The Morgan fingerprint density at radius 3 is 2.89 bits per heavy atom. The lowest BCUT2D eigenvalue weighted by atomic mass is 10.2. The second-order valence-corrected chi connectivity index (χ2v) is 4.85. The number of rotatable bonds is 3. The van der Waals surface area contributed by atoms with Crippen molar-refractivity contribution in [1.82, 2.24) is 4.57 Å². The van der Waals surface area contributed by atoms with Crippen molar-refractivity contribution >= 4 is 21.6 Å². The molecule has 1 aromatic heterocycles. The summed E-state index contributed by atoms with van der Waals surface area (Å²) < 4.78 is 16.0. The molecule has 5 heteroatoms. The molecule has 0 radical (unpaired) electrons. The number of nitrogens with zero attached hydrogens (tertiary/aromatic N) is 2. The molecule has 0 atom stereocenters. The highest BCUT2D eigenvalue weighted by Gasteiger charge is 2.05. The Morgan fingerprint density at radius 1 is 1.44 bits per heavy atom. The third-order valence-corrected chi connectivity index (χ3v) is 3.08. The zero-order valence-electron chi connectivity index (χ0n) is 9.74. The van der Waals surface area contributed by atoms with Gasteiger partial charge in [0.05, 0.1) is 5.69 Å². The van der Waals surface area contributed by atoms with Crippen molar-refractivity contribution in [3.05, 3.63) is 52.0 Å². The van der Waals surface area contributed by atoms with Crippen LogP contribution in [0.15, 0.2) is 34.9 Å². The number of anilines is 1. The zero-order chi connectivity index (χ0) is 13.1. The van der Waals surface area contributed by atoms with E-state index >= 15 is 0 Å². The van der Waals surface area contributed by atoms with Crippen LogP contribution in [-0.2, 0) is 13.6 Å². The van der Waals surface area contributed by atoms with Crippen LogP contribution in [0.2, 0.25) is 0 Å². The van der Waals surface area contributed by atoms with E-state index in [1.165, 1.54) is 6.07 Å². The predicted octanol–water partition coefficient (Wildman–Crippen LogP) is 3.41. The number of nitriles is 1. The molecule has 3 nitrogen and oxygen atoms in total. The van der Waals surface area contributed by atoms with Crippen LogP contribution in [0.1, 0.15) is 11.3 Å². The largest absolute Gasteiger partial charge is 0.379 e. The van der Waals surface area contributed by atoms with Crippen molar-refractivity contribution in [2.24, 2.45) is 7.05 Å². The molecule has 0 fully saturated rings. The van der Waals surface area contributed by atoms with Crippen LogP contribution in [0.5, 0.6) is 0 Å². The zero-order valence-corrected chi connectivity index (χ0v) is 11.3. The third kappa shape index (κ3) is 2.71. The van der Waals surface area contributed by atoms with E-state index in [4.69, 9.17) is 5.26 Å². The van der Waals surface area contributed by atoms with Crippen molar-refractivity contribution in [2.45, 2.75) is 6.54 Å². The van der Waals surface area contributed by atoms with Gasteiger partial charge in [-0.2, -0.15) is 5.26 Å². The molecule has 1 aromatic carbocycles. The summed E-state index contributed by atoms with van der Waals surface area (Å²) in [7, 11) is 1.81. The average Bonchev–Trinajstić information content (AvgIpc) is 2.71. The van der Waals surface area contributed by atoms with Crippen LogP contribution < -0.4 is 5.32 Å². The first-order valence-corrected chi connectivity index (χ1v) is 6.13. The topological polar surface area (TPSA) is 40.8 Å². The van der Waals surface area contributed by atoms with Gasteiger partial charge in [-0.15, -0.1) is 0 Å². The maximum Gasteiger partial charge on any atom is 0.146 e. The second kappa shape index (κ2) is 5.23. The minimum absolute atomic E-state index is 0.297. The molecule has 0 aliphatic rings. The molecule has 2 rings (SSSR count). The summed E-state index contributed by atoms with van der Waals surface area (Å²) >= 11 is 3.30. The third-order valence-electron chi connectivity index (χ3n) is 2.59. The average molecular weight is 308 g/mol. The smallest absolute Gasteiger partial charge is 0.146 e. The van der Waals surface area contributed by atoms with Gasteiger partial charge in [0.1, 0.15) is 17.6 Å². The number of nitrogens with one attached hydrogen (secondary N) is 1. The van der Waals surface area contributed by atoms with Gasteiger partial charge in [0.2, 0.25) is 0 Å². The van der Waals surface area contributed by atoms with E-state index in [0.717, 1.165) is 10.0 Å². The Kier molecular flexibility index (Phi) is 3.68. The minimum atomic E-state index is -0.297. The van der Waals surface area contributed by atoms with Gasteiger partial charge in [-0.25, -0.2) is 4.39 Å². The quantitative estimate of drug-likeness (QED) is 0.944. The van der Waals surface area contributed by atoms with Gasteiger partial charge < -0.3 is 9.88 Å². The first-order valence-electron chi connectivity index (χ1n) is 5.34. The minimum Gasteiger partial charge on any atom is -0.379 e. The summed E-state index contributed by atoms with van der Waals surface area (Å²) in [4.78, 5) is 0. The number of aryl methyl sites for hydroxylation is 1. The molecule has 0 aliphatic heterocycles. The Morgan fingerprint density at radius 2 is 2.22 bits per heavy atom. The fourth-order valence-corrected chi connectivity index (χ4v) is 2.03. The van der Waals surface area contributed by atoms with E-state index in [0.29, 0.717) is 17.9 Å². The summed E-state index contributed by atoms with van der Waals surface area (Å²) in [5.74, 6) is -0.297. The monoisotopic (exact) mass is 307 g/mol. The van der Waals surface area contributed by atoms with Crippen molar-refractivity contribution in [3.8, 4) is 6.07 Å². The molecule has 0 saturated carbocycles. The fourth-order valence-electron chi connectivity index (χ4n) is 1.67. The summed E-state index contributed by atoms with van der Waals surface area (Å²) in [5.41, 5.74) is 1.96. The molecule has 0 aliphatic carbocycles. The molecular formula is C13H11BrFN3. The Labute approximate surface area is 113 Å². The summed E-state index contributed by atoms with van der Waals surface area (Å²) in [6.45, 7) is 0.475. The summed E-state index contributed by atoms with van der Waals surface area (Å²) in [5, 5.41) is 11.8. The van der Waals surface area contributed by atoms with E-state index in [1.54, 1.807) is 22.8 Å². The standard InChI is InChI=1S/C13H11BrFN3/c1-18-8-9(4-11(18)6-16)7-17-13-5-10(14)2-3-12(13)15/h2-5,8,17H,7H2,1H3. The van der Waals surface area contributed by atoms with Gasteiger partial charge in [-0.3, -0.25) is 0 Å². The second-order valence-electron chi connectivity index (χ2n) is 3.93. The van der Waals surface area contributed by atoms with Gasteiger partial charge in [-0.1, -0.05) is 15.9 Å². The number of hydrogen-bond donors (Lipinski definition) is 1. The molecular weight excluding hydrogens is 297 g/mol. The number of hydrogen-bond acceptors (Lipinski definition) is 2. The van der Waals surface area contributed by atoms with Crippen molar-refractivity contribution < 1.29 is 4.39 Å². The Hall–Kier alpha value is -1.80. The number of halogens is 2. The Balaban J connectivity index is 2.11. The molecule has 0 unspecified atom stereocenters. The van der Waals surface area contributed by atoms with Gasteiger partial charge in [0.25, 0.3) is 0 Å². The van der Waals surface area contributed by atoms with E-state index in [2.05, 4.69) is 27.3 Å². The first kappa shape index (κ1) is 12.7. The molecule has 2 aromatic rings. The van der Waals surface area contributed by atoms with Gasteiger partial charge >= 0.3 is 0 Å². The molecule has 0 saturated heterocycles. The van der Waals surface area contributed by atoms with E-state index in [9.17, 15) is 4.39 Å². The predicted molar refractivity (Wildman–Crippen MR) is 71.6 cm³/mol. The molecule has 92 valence electrons. The first-order chi connectivity index (χ1) is 8.60. The van der Waals surface area contributed by atoms with Crippen molar-refractivity contribution in [2.75, 3.05) is 5.32 Å². The summed E-state index contributed by atoms with van der Waals surface area (Å²) in [6, 6.07) is 8.60. The van der Waals surface area contributed by atoms with Crippen LogP contribution in [0.3, 0.4) is 0 Å². The van der Waals surface area contributed by atoms with E-state index < -0.39 is 0 Å². The SMILES string of the molecule is Cn1cc(CNc2cc(Br)ccc2F)cc1C#N. The van der Waals surface area contributed by atoms with Gasteiger partial charge in [0.15, 0.2) is 0 Å². The number of aromatic nitrogens is 1. The lowest BCUT2D eigenvalue weighted by Crippen LogP contribution is -2.00. The van der Waals surface area contributed by atoms with E-state index in [1.807, 2.05) is 13.2 Å². The van der Waals surface area contributed by atoms with Crippen molar-refractivity contribution in [1.29, 1.82) is 5.26 Å². The molecule has 0 amide bonds. The Bertz CT molecular complexity index is 613. The highest BCUT2D eigenvalue weighted by molar-refractivity contribution is 9.10. The molecule has 0 spiro atoms. The van der Waals surface area contributed by atoms with Crippen LogP contribution in [0.4, 0.5) is 10.1 Å². The van der Waals surface area contributed by atoms with Crippen LogP contribution in [-0.4, -0.2) is 4.57 Å². The maximum absolute atomic E-state index is 13.5. The van der Waals surface area contributed by atoms with Crippen LogP contribution in [0.25, 0.3) is 0 Å². The molecule has 18 heavy (non-hydrogen) atoms. The highest BCUT2D eigenvalue weighted by Crippen LogP contribution is 2.20. The van der Waals surface area contributed by atoms with E-state index in [-0.39, 0.29) is 5.82 Å². The fraction of sp³-hybridized carbons (Fsp3) is 0.154. The molecule has 1 N–H and O–H groups in total. The van der Waals surface area contributed by atoms with Crippen LogP contribution >= 0.6 is 15.9 Å².